The highest BCUT2D eigenvalue weighted by Gasteiger charge is 2.77. The molecule has 40 heteroatoms. The molecule has 0 aromatic carbocycles. The summed E-state index contributed by atoms with van der Waals surface area (Å²) in [6.45, 7) is 29.8. The van der Waals surface area contributed by atoms with Crippen LogP contribution in [0, 0.1) is 152 Å². The van der Waals surface area contributed by atoms with Gasteiger partial charge in [0.15, 0.2) is 57.5 Å². The molecule has 9 saturated heterocycles. The Morgan fingerprint density at radius 1 is 0.362 bits per heavy atom. The maximum atomic E-state index is 13.9. The van der Waals surface area contributed by atoms with Crippen molar-refractivity contribution in [1.29, 1.82) is 0 Å². The summed E-state index contributed by atoms with van der Waals surface area (Å²) in [6.07, 6.45) is 3.50. The van der Waals surface area contributed by atoms with E-state index in [1.165, 1.54) is 39.9 Å². The van der Waals surface area contributed by atoms with Crippen LogP contribution in [0.2, 0.25) is 0 Å². The van der Waals surface area contributed by atoms with Crippen LogP contribution in [0.15, 0.2) is 0 Å². The highest BCUT2D eigenvalue weighted by molar-refractivity contribution is 5.91. The second kappa shape index (κ2) is 40.1. The molecule has 19 aliphatic rings. The van der Waals surface area contributed by atoms with Crippen molar-refractivity contribution in [2.75, 3.05) is 47.3 Å². The summed E-state index contributed by atoms with van der Waals surface area (Å²) in [5.74, 6) is -12.8. The van der Waals surface area contributed by atoms with E-state index in [1.54, 1.807) is 83.1 Å². The third kappa shape index (κ3) is 19.5. The zero-order valence-electron chi connectivity index (χ0n) is 83.8. The molecule has 780 valence electrons. The maximum absolute atomic E-state index is 13.9. The van der Waals surface area contributed by atoms with Crippen LogP contribution >= 0.6 is 0 Å². The van der Waals surface area contributed by atoms with Crippen LogP contribution in [-0.4, -0.2) is 257 Å². The molecular formula is C101H136O40. The van der Waals surface area contributed by atoms with Crippen LogP contribution in [0.4, 0.5) is 0 Å². The van der Waals surface area contributed by atoms with Crippen LogP contribution in [-0.2, 0) is 191 Å². The van der Waals surface area contributed by atoms with Gasteiger partial charge in [0.25, 0.3) is 0 Å². The Kier molecular flexibility index (Phi) is 29.9. The molecule has 19 fully saturated rings. The quantitative estimate of drug-likeness (QED) is 0.0377. The smallest absolute Gasteiger partial charge is 0.344 e. The molecule has 0 N–H and O–H groups in total. The van der Waals surface area contributed by atoms with Gasteiger partial charge >= 0.3 is 113 Å². The molecule has 9 aliphatic heterocycles. The first-order valence-corrected chi connectivity index (χ1v) is 50.1. The molecule has 19 rings (SSSR count). The third-order valence-corrected chi connectivity index (χ3v) is 34.7. The van der Waals surface area contributed by atoms with Crippen LogP contribution in [0.5, 0.6) is 0 Å². The van der Waals surface area contributed by atoms with Crippen molar-refractivity contribution >= 4 is 113 Å². The predicted octanol–water partition coefficient (Wildman–Crippen LogP) is 7.15. The maximum Gasteiger partial charge on any atom is 0.344 e. The SMILES string of the molecule is CCC(C)(C)C(=O)OCC(=O)OC1C2CC3C(=O)OC1C3O2.CCC(C)(C)C(=O)OCC(=O)OC1C2CC3C1OC(=O)C3C2C(=O)OC.CCC(C)(C)C(=O)OCC(=O)OC1C2CC3C1OC(=O)C3C2C(=O)OC(C)(C)C.CCC(C)(C)C(=O)OCC(=O)OC1C2OC(=O)C3C2OC1C3C(=O)OC.CCC(C)C(=O)OCC(=O)OC1C2CC3C1OC(=O)C3C2C(=O)OC1(CC)CC2CC1C1C3CCC(C3)C21. The number of fused-ring (bicyclic) bond motifs is 14. The van der Waals surface area contributed by atoms with Gasteiger partial charge in [-0.3, -0.25) is 67.1 Å². The largest absolute Gasteiger partial charge is 0.469 e. The Hall–Kier alpha value is -10.1. The van der Waals surface area contributed by atoms with Gasteiger partial charge in [0.1, 0.15) is 78.0 Å². The summed E-state index contributed by atoms with van der Waals surface area (Å²) >= 11 is 0. The van der Waals surface area contributed by atoms with Crippen LogP contribution in [0.1, 0.15) is 221 Å². The van der Waals surface area contributed by atoms with E-state index in [0.717, 1.165) is 30.6 Å². The highest BCUT2D eigenvalue weighted by Crippen LogP contribution is 2.72. The number of hydrogen-bond acceptors (Lipinski definition) is 40. The average Bonchev–Trinajstić information content (AvgIpc) is 1.52. The second-order valence-corrected chi connectivity index (χ2v) is 45.1. The van der Waals surface area contributed by atoms with E-state index in [9.17, 15) is 91.1 Å². The summed E-state index contributed by atoms with van der Waals surface area (Å²) in [4.78, 5) is 232. The average molecular weight is 1990 g/mol. The molecule has 0 spiro atoms. The van der Waals surface area contributed by atoms with Crippen molar-refractivity contribution in [3.05, 3.63) is 0 Å². The molecular weight excluding hydrogens is 1850 g/mol. The van der Waals surface area contributed by atoms with Gasteiger partial charge in [0.05, 0.1) is 89.3 Å². The van der Waals surface area contributed by atoms with Gasteiger partial charge in [0, 0.05) is 41.4 Å². The zero-order chi connectivity index (χ0) is 103. The third-order valence-electron chi connectivity index (χ3n) is 34.7. The molecule has 40 nitrogen and oxygen atoms in total. The Morgan fingerprint density at radius 2 is 0.730 bits per heavy atom. The number of carbonyl (C=O) groups is 19. The highest BCUT2D eigenvalue weighted by atomic mass is 16.7. The van der Waals surface area contributed by atoms with E-state index in [4.69, 9.17) is 99.5 Å². The first-order chi connectivity index (χ1) is 66.4. The summed E-state index contributed by atoms with van der Waals surface area (Å²) < 4.78 is 112. The topological polar surface area (TPSA) is 518 Å². The fraction of sp³-hybridized carbons (Fsp3) is 0.812. The fourth-order valence-corrected chi connectivity index (χ4v) is 26.0. The molecule has 37 atom stereocenters. The number of hydrogen-bond donors (Lipinski definition) is 0. The van der Waals surface area contributed by atoms with Gasteiger partial charge in [-0.25, -0.2) is 24.0 Å². The number of esters is 19. The van der Waals surface area contributed by atoms with Crippen molar-refractivity contribution in [1.82, 2.24) is 0 Å². The molecule has 141 heavy (non-hydrogen) atoms. The first kappa shape index (κ1) is 105. The van der Waals surface area contributed by atoms with Crippen LogP contribution in [0.3, 0.4) is 0 Å². The van der Waals surface area contributed by atoms with Crippen LogP contribution in [0.25, 0.3) is 0 Å². The molecule has 9 heterocycles. The Labute approximate surface area is 817 Å². The lowest BCUT2D eigenvalue weighted by Gasteiger charge is -2.46. The lowest BCUT2D eigenvalue weighted by molar-refractivity contribution is -0.186. The van der Waals surface area contributed by atoms with Gasteiger partial charge in [0.2, 0.25) is 0 Å². The standard InChI is InChI=1S/C30H40O8.C21H30O8.C18H24O8.C17H22O9.C15H20O7/c1-4-13(3)27(32)35-12-20(31)36-25-18-10-17-23(28(33)37-26(17)25)24(18)29(34)38-30(5-2)11-16-9-19(30)22-15-7-6-14(8-15)21(16)22;1-7-21(5,6)19(25)26-9-12(22)27-15-11-8-10-13(17(23)28-16(10)15)14(11)18(24)29-20(2,3)4;1-5-18(2,3)17(22)24-7-10(19)25-13-8-6-9-12(11(8)15(20)23-4)16(21)26-14(9)13;1-5-17(2,3)16(21)23-6-7(18)24-12-10-8(14(19)22-4)9-11(25-10)13(12)26-15(9)20;1-4-15(2,3)14(18)19-6-9(16)21-11-8-5-7-10(20-8)12(11)22-13(7)17/h13-19,21-26H,4-12H2,1-3H3;10-11,13-16H,7-9H2,1-6H3;8-9,11-14H,5-7H2,1-4H3;8-13H,5-6H2,1-4H3;7-8,10-12H,4-6H2,1-3H3. The van der Waals surface area contributed by atoms with Crippen molar-refractivity contribution < 1.29 is 191 Å². The van der Waals surface area contributed by atoms with Gasteiger partial charge in [-0.1, -0.05) is 48.5 Å². The summed E-state index contributed by atoms with van der Waals surface area (Å²) in [5, 5.41) is 0. The molecule has 10 saturated carbocycles. The summed E-state index contributed by atoms with van der Waals surface area (Å²) in [6, 6.07) is 0. The number of methoxy groups -OCH3 is 2. The number of rotatable bonds is 31. The molecule has 0 aromatic heterocycles. The molecule has 0 radical (unpaired) electrons. The fourth-order valence-electron chi connectivity index (χ4n) is 26.0. The van der Waals surface area contributed by atoms with E-state index in [1.807, 2.05) is 34.6 Å². The minimum Gasteiger partial charge on any atom is -0.469 e. The number of carbonyl (C=O) groups excluding carboxylic acids is 19. The molecule has 14 bridgehead atoms. The Balaban J connectivity index is 0.000000135. The van der Waals surface area contributed by atoms with E-state index in [2.05, 4.69) is 6.92 Å². The molecule has 0 aromatic rings. The zero-order valence-corrected chi connectivity index (χ0v) is 83.8. The van der Waals surface area contributed by atoms with E-state index in [-0.39, 0.29) is 77.5 Å². The lowest BCUT2D eigenvalue weighted by atomic mass is 9.65. The minimum absolute atomic E-state index is 0.141. The Morgan fingerprint density at radius 3 is 1.14 bits per heavy atom. The summed E-state index contributed by atoms with van der Waals surface area (Å²) in [7, 11) is 2.48. The van der Waals surface area contributed by atoms with Gasteiger partial charge < -0.3 is 99.5 Å². The lowest BCUT2D eigenvalue weighted by Crippen LogP contribution is -2.50. The minimum atomic E-state index is -0.933. The normalized spacial score (nSPS) is 38.2. The van der Waals surface area contributed by atoms with Crippen LogP contribution < -0.4 is 0 Å². The molecule has 0 amide bonds. The van der Waals surface area contributed by atoms with Gasteiger partial charge in [-0.15, -0.1) is 0 Å². The van der Waals surface area contributed by atoms with Crippen molar-refractivity contribution in [3.63, 3.8) is 0 Å². The van der Waals surface area contributed by atoms with Crippen molar-refractivity contribution in [2.24, 2.45) is 152 Å². The Bertz CT molecular complexity index is 4830. The second-order valence-electron chi connectivity index (χ2n) is 45.1. The molecule has 37 unspecified atom stereocenters. The number of ether oxygens (including phenoxy) is 21. The summed E-state index contributed by atoms with van der Waals surface area (Å²) in [5.41, 5.74) is -3.84. The van der Waals surface area contributed by atoms with Crippen molar-refractivity contribution in [2.45, 2.75) is 318 Å². The first-order valence-electron chi connectivity index (χ1n) is 50.1. The van der Waals surface area contributed by atoms with E-state index in [0.29, 0.717) is 75.5 Å². The van der Waals surface area contributed by atoms with Gasteiger partial charge in [-0.05, 0) is 202 Å². The monoisotopic (exact) mass is 1990 g/mol. The van der Waals surface area contributed by atoms with E-state index < -0.39 is 282 Å². The molecule has 10 aliphatic carbocycles. The van der Waals surface area contributed by atoms with Gasteiger partial charge in [-0.2, -0.15) is 0 Å². The van der Waals surface area contributed by atoms with Crippen molar-refractivity contribution in [3.8, 4) is 0 Å². The predicted molar refractivity (Wildman–Crippen MR) is 470 cm³/mol. The van der Waals surface area contributed by atoms with E-state index >= 15 is 0 Å².